The SMILES string of the molecule is Nc1cccc(C(=O)CNCc2ccncc2)c1. The Morgan fingerprint density at radius 2 is 2.00 bits per heavy atom. The Bertz CT molecular complexity index is 526. The lowest BCUT2D eigenvalue weighted by molar-refractivity contribution is 0.0991. The molecule has 0 radical (unpaired) electrons. The number of Topliss-reactive ketones (excluding diaryl/α,β-unsaturated/α-hetero) is 1. The molecular formula is C14H15N3O. The molecular weight excluding hydrogens is 226 g/mol. The summed E-state index contributed by atoms with van der Waals surface area (Å²) in [7, 11) is 0. The van der Waals surface area contributed by atoms with Gasteiger partial charge in [0.05, 0.1) is 6.54 Å². The number of anilines is 1. The first kappa shape index (κ1) is 12.3. The Balaban J connectivity index is 1.86. The molecule has 0 saturated carbocycles. The maximum Gasteiger partial charge on any atom is 0.176 e. The molecule has 0 aliphatic heterocycles. The van der Waals surface area contributed by atoms with Gasteiger partial charge in [-0.3, -0.25) is 9.78 Å². The Hall–Kier alpha value is -2.20. The highest BCUT2D eigenvalue weighted by Crippen LogP contribution is 2.06. The molecule has 0 saturated heterocycles. The van der Waals surface area contributed by atoms with Crippen LogP contribution in [0.15, 0.2) is 48.8 Å². The molecule has 2 rings (SSSR count). The summed E-state index contributed by atoms with van der Waals surface area (Å²) in [5.74, 6) is 0.0383. The quantitative estimate of drug-likeness (QED) is 0.616. The number of rotatable bonds is 5. The minimum Gasteiger partial charge on any atom is -0.399 e. The third-order valence-corrected chi connectivity index (χ3v) is 2.57. The monoisotopic (exact) mass is 241 g/mol. The van der Waals surface area contributed by atoms with Crippen molar-refractivity contribution in [1.29, 1.82) is 0 Å². The van der Waals surface area contributed by atoms with Gasteiger partial charge in [-0.25, -0.2) is 0 Å². The fourth-order valence-electron chi connectivity index (χ4n) is 1.64. The maximum atomic E-state index is 11.9. The zero-order valence-electron chi connectivity index (χ0n) is 9.97. The van der Waals surface area contributed by atoms with Gasteiger partial charge in [-0.1, -0.05) is 12.1 Å². The summed E-state index contributed by atoms with van der Waals surface area (Å²) in [4.78, 5) is 15.8. The molecule has 4 heteroatoms. The van der Waals surface area contributed by atoms with E-state index in [1.807, 2.05) is 12.1 Å². The van der Waals surface area contributed by atoms with E-state index in [2.05, 4.69) is 10.3 Å². The van der Waals surface area contributed by atoms with Crippen molar-refractivity contribution >= 4 is 11.5 Å². The number of hydrogen-bond acceptors (Lipinski definition) is 4. The molecule has 0 fully saturated rings. The molecule has 0 amide bonds. The molecule has 0 unspecified atom stereocenters. The van der Waals surface area contributed by atoms with Crippen LogP contribution in [0, 0.1) is 0 Å². The zero-order valence-corrected chi connectivity index (χ0v) is 9.97. The summed E-state index contributed by atoms with van der Waals surface area (Å²) in [6, 6.07) is 10.8. The summed E-state index contributed by atoms with van der Waals surface area (Å²) < 4.78 is 0. The minimum atomic E-state index is 0.0383. The van der Waals surface area contributed by atoms with E-state index in [-0.39, 0.29) is 5.78 Å². The maximum absolute atomic E-state index is 11.9. The van der Waals surface area contributed by atoms with Gasteiger partial charge >= 0.3 is 0 Å². The molecule has 0 spiro atoms. The van der Waals surface area contributed by atoms with E-state index in [9.17, 15) is 4.79 Å². The summed E-state index contributed by atoms with van der Waals surface area (Å²) in [5, 5.41) is 3.10. The second kappa shape index (κ2) is 5.93. The van der Waals surface area contributed by atoms with Crippen molar-refractivity contribution in [3.05, 3.63) is 59.9 Å². The number of nitrogen functional groups attached to an aromatic ring is 1. The van der Waals surface area contributed by atoms with Crippen LogP contribution in [-0.4, -0.2) is 17.3 Å². The first-order chi connectivity index (χ1) is 8.75. The van der Waals surface area contributed by atoms with E-state index in [1.165, 1.54) is 0 Å². The number of aromatic nitrogens is 1. The van der Waals surface area contributed by atoms with Crippen molar-refractivity contribution in [1.82, 2.24) is 10.3 Å². The molecule has 0 aliphatic rings. The van der Waals surface area contributed by atoms with Crippen LogP contribution in [0.3, 0.4) is 0 Å². The third-order valence-electron chi connectivity index (χ3n) is 2.57. The predicted molar refractivity (Wildman–Crippen MR) is 71.1 cm³/mol. The molecule has 4 nitrogen and oxygen atoms in total. The number of carbonyl (C=O) groups is 1. The number of nitrogens with one attached hydrogen (secondary N) is 1. The number of nitrogens with two attached hydrogens (primary N) is 1. The van der Waals surface area contributed by atoms with Gasteiger partial charge in [0.15, 0.2) is 5.78 Å². The fourth-order valence-corrected chi connectivity index (χ4v) is 1.64. The van der Waals surface area contributed by atoms with Crippen LogP contribution in [-0.2, 0) is 6.54 Å². The van der Waals surface area contributed by atoms with Crippen LogP contribution in [0.4, 0.5) is 5.69 Å². The van der Waals surface area contributed by atoms with Gasteiger partial charge in [0, 0.05) is 30.2 Å². The van der Waals surface area contributed by atoms with Crippen molar-refractivity contribution in [3.63, 3.8) is 0 Å². The number of carbonyl (C=O) groups excluding carboxylic acids is 1. The number of pyridine rings is 1. The lowest BCUT2D eigenvalue weighted by Gasteiger charge is -2.05. The topological polar surface area (TPSA) is 68.0 Å². The number of benzene rings is 1. The van der Waals surface area contributed by atoms with E-state index < -0.39 is 0 Å². The van der Waals surface area contributed by atoms with E-state index in [4.69, 9.17) is 5.73 Å². The summed E-state index contributed by atoms with van der Waals surface area (Å²) in [5.41, 5.74) is 7.98. The Morgan fingerprint density at radius 3 is 2.72 bits per heavy atom. The van der Waals surface area contributed by atoms with Crippen molar-refractivity contribution in [2.75, 3.05) is 12.3 Å². The number of hydrogen-bond donors (Lipinski definition) is 2. The van der Waals surface area contributed by atoms with Gasteiger partial charge in [-0.15, -0.1) is 0 Å². The average Bonchev–Trinajstić information content (AvgIpc) is 2.40. The molecule has 18 heavy (non-hydrogen) atoms. The highest BCUT2D eigenvalue weighted by molar-refractivity contribution is 5.98. The lowest BCUT2D eigenvalue weighted by Crippen LogP contribution is -2.22. The first-order valence-corrected chi connectivity index (χ1v) is 5.74. The number of ketones is 1. The fraction of sp³-hybridized carbons (Fsp3) is 0.143. The Morgan fingerprint density at radius 1 is 1.22 bits per heavy atom. The molecule has 1 heterocycles. The molecule has 1 aromatic carbocycles. The van der Waals surface area contributed by atoms with E-state index in [0.29, 0.717) is 24.3 Å². The van der Waals surface area contributed by atoms with E-state index in [1.54, 1.807) is 36.7 Å². The molecule has 92 valence electrons. The molecule has 2 aromatic rings. The highest BCUT2D eigenvalue weighted by atomic mass is 16.1. The van der Waals surface area contributed by atoms with Gasteiger partial charge in [0.1, 0.15) is 0 Å². The van der Waals surface area contributed by atoms with Crippen molar-refractivity contribution < 1.29 is 4.79 Å². The first-order valence-electron chi connectivity index (χ1n) is 5.74. The average molecular weight is 241 g/mol. The van der Waals surface area contributed by atoms with Gasteiger partial charge < -0.3 is 11.1 Å². The van der Waals surface area contributed by atoms with Gasteiger partial charge in [-0.05, 0) is 29.8 Å². The normalized spacial score (nSPS) is 10.2. The Kier molecular flexibility index (Phi) is 4.04. The second-order valence-electron chi connectivity index (χ2n) is 4.01. The van der Waals surface area contributed by atoms with Crippen LogP contribution < -0.4 is 11.1 Å². The van der Waals surface area contributed by atoms with Crippen LogP contribution in [0.2, 0.25) is 0 Å². The lowest BCUT2D eigenvalue weighted by atomic mass is 10.1. The zero-order chi connectivity index (χ0) is 12.8. The largest absolute Gasteiger partial charge is 0.399 e. The van der Waals surface area contributed by atoms with Crippen molar-refractivity contribution in [2.24, 2.45) is 0 Å². The number of nitrogens with zero attached hydrogens (tertiary/aromatic N) is 1. The van der Waals surface area contributed by atoms with Gasteiger partial charge in [-0.2, -0.15) is 0 Å². The Labute approximate surface area is 106 Å². The molecule has 1 aromatic heterocycles. The molecule has 0 atom stereocenters. The third kappa shape index (κ3) is 3.40. The second-order valence-corrected chi connectivity index (χ2v) is 4.01. The van der Waals surface area contributed by atoms with Crippen LogP contribution in [0.5, 0.6) is 0 Å². The molecule has 0 aliphatic carbocycles. The van der Waals surface area contributed by atoms with E-state index in [0.717, 1.165) is 5.56 Å². The van der Waals surface area contributed by atoms with E-state index >= 15 is 0 Å². The molecule has 0 bridgehead atoms. The smallest absolute Gasteiger partial charge is 0.176 e. The molecule has 3 N–H and O–H groups in total. The van der Waals surface area contributed by atoms with Crippen LogP contribution >= 0.6 is 0 Å². The summed E-state index contributed by atoms with van der Waals surface area (Å²) in [6.07, 6.45) is 3.47. The van der Waals surface area contributed by atoms with Crippen LogP contribution in [0.1, 0.15) is 15.9 Å². The summed E-state index contributed by atoms with van der Waals surface area (Å²) in [6.45, 7) is 0.947. The summed E-state index contributed by atoms with van der Waals surface area (Å²) >= 11 is 0. The van der Waals surface area contributed by atoms with Crippen LogP contribution in [0.25, 0.3) is 0 Å². The predicted octanol–water partition coefficient (Wildman–Crippen LogP) is 1.64. The van der Waals surface area contributed by atoms with Crippen molar-refractivity contribution in [3.8, 4) is 0 Å². The van der Waals surface area contributed by atoms with Crippen molar-refractivity contribution in [2.45, 2.75) is 6.54 Å². The van der Waals surface area contributed by atoms with Gasteiger partial charge in [0.25, 0.3) is 0 Å². The standard InChI is InChI=1S/C14H15N3O/c15-13-3-1-2-12(8-13)14(18)10-17-9-11-4-6-16-7-5-11/h1-8,17H,9-10,15H2. The minimum absolute atomic E-state index is 0.0383. The highest BCUT2D eigenvalue weighted by Gasteiger charge is 2.05. The van der Waals surface area contributed by atoms with Gasteiger partial charge in [0.2, 0.25) is 0 Å².